The number of amides is 1. The molecule has 0 fully saturated rings. The molecule has 2 aromatic rings. The molecule has 1 N–H and O–H groups in total. The molecule has 0 radical (unpaired) electrons. The maximum absolute atomic E-state index is 12.4. The van der Waals surface area contributed by atoms with Gasteiger partial charge in [0, 0.05) is 6.54 Å². The molecule has 146 valence electrons. The molecule has 0 heterocycles. The van der Waals surface area contributed by atoms with Crippen LogP contribution in [-0.4, -0.2) is 44.7 Å². The number of ether oxygens (including phenoxy) is 2. The zero-order valence-electron chi connectivity index (χ0n) is 16.5. The highest BCUT2D eigenvalue weighted by molar-refractivity contribution is 5.78. The first-order chi connectivity index (χ1) is 13.1. The van der Waals surface area contributed by atoms with Crippen LogP contribution in [0.3, 0.4) is 0 Å². The first-order valence-corrected chi connectivity index (χ1v) is 9.42. The molecule has 0 saturated heterocycles. The van der Waals surface area contributed by atoms with Crippen LogP contribution in [0.1, 0.15) is 31.4 Å². The number of carbonyl (C=O) groups excluding carboxylic acids is 1. The molecule has 0 spiro atoms. The number of nitrogens with one attached hydrogen (secondary N) is 1. The number of nitrogens with zero attached hydrogens (tertiary/aromatic N) is 1. The van der Waals surface area contributed by atoms with E-state index in [0.717, 1.165) is 29.9 Å². The third kappa shape index (κ3) is 7.31. The lowest BCUT2D eigenvalue weighted by molar-refractivity contribution is -0.122. The molecular formula is C22H30N2O3. The number of carbonyl (C=O) groups is 1. The number of likely N-dealkylation sites (N-methyl/N-ethyl adjacent to an activating group) is 1. The molecule has 5 nitrogen and oxygen atoms in total. The number of hydrogen-bond donors (Lipinski definition) is 1. The first kappa shape index (κ1) is 20.8. The molecular weight excluding hydrogens is 340 g/mol. The van der Waals surface area contributed by atoms with Crippen molar-refractivity contribution in [3.05, 3.63) is 60.2 Å². The third-order valence-electron chi connectivity index (χ3n) is 4.33. The topological polar surface area (TPSA) is 50.8 Å². The molecule has 0 aliphatic heterocycles. The molecule has 1 unspecified atom stereocenters. The molecule has 0 aliphatic carbocycles. The Labute approximate surface area is 162 Å². The Balaban J connectivity index is 1.75. The van der Waals surface area contributed by atoms with Crippen molar-refractivity contribution < 1.29 is 14.3 Å². The van der Waals surface area contributed by atoms with E-state index in [2.05, 4.69) is 24.4 Å². The number of hydrogen-bond acceptors (Lipinski definition) is 4. The monoisotopic (exact) mass is 370 g/mol. The fourth-order valence-corrected chi connectivity index (χ4v) is 2.85. The normalized spacial score (nSPS) is 11.9. The summed E-state index contributed by atoms with van der Waals surface area (Å²) < 4.78 is 10.8. The SMILES string of the molecule is CCCC(NC(=O)CN(C)CCOc1ccc(OC)cc1)c1ccccc1. The Hall–Kier alpha value is -2.53. The standard InChI is InChI=1S/C22H30N2O3/c1-4-8-21(18-9-6-5-7-10-18)23-22(25)17-24(2)15-16-27-20-13-11-19(26-3)12-14-20/h5-7,9-14,21H,4,8,15-17H2,1-3H3,(H,23,25). The summed E-state index contributed by atoms with van der Waals surface area (Å²) >= 11 is 0. The molecule has 0 bridgehead atoms. The zero-order valence-corrected chi connectivity index (χ0v) is 16.5. The van der Waals surface area contributed by atoms with E-state index in [1.165, 1.54) is 0 Å². The lowest BCUT2D eigenvalue weighted by atomic mass is 10.0. The minimum absolute atomic E-state index is 0.0317. The van der Waals surface area contributed by atoms with Gasteiger partial charge in [0.15, 0.2) is 0 Å². The van der Waals surface area contributed by atoms with E-state index < -0.39 is 0 Å². The van der Waals surface area contributed by atoms with Crippen LogP contribution in [-0.2, 0) is 4.79 Å². The smallest absolute Gasteiger partial charge is 0.234 e. The molecule has 0 saturated carbocycles. The van der Waals surface area contributed by atoms with Gasteiger partial charge in [-0.3, -0.25) is 9.69 Å². The van der Waals surface area contributed by atoms with Gasteiger partial charge in [0.25, 0.3) is 0 Å². The predicted molar refractivity (Wildman–Crippen MR) is 108 cm³/mol. The van der Waals surface area contributed by atoms with E-state index in [1.54, 1.807) is 7.11 Å². The molecule has 1 atom stereocenters. The molecule has 0 aliphatic rings. The lowest BCUT2D eigenvalue weighted by Gasteiger charge is -2.21. The Morgan fingerprint density at radius 2 is 1.74 bits per heavy atom. The summed E-state index contributed by atoms with van der Waals surface area (Å²) in [5.74, 6) is 1.63. The van der Waals surface area contributed by atoms with Gasteiger partial charge in [-0.1, -0.05) is 43.7 Å². The van der Waals surface area contributed by atoms with Gasteiger partial charge >= 0.3 is 0 Å². The van der Waals surface area contributed by atoms with Crippen molar-refractivity contribution in [1.29, 1.82) is 0 Å². The van der Waals surface area contributed by atoms with Gasteiger partial charge in [0.1, 0.15) is 18.1 Å². The fraction of sp³-hybridized carbons (Fsp3) is 0.409. The van der Waals surface area contributed by atoms with E-state index in [0.29, 0.717) is 19.7 Å². The summed E-state index contributed by atoms with van der Waals surface area (Å²) in [7, 11) is 3.56. The van der Waals surface area contributed by atoms with Crippen molar-refractivity contribution in [3.8, 4) is 11.5 Å². The van der Waals surface area contributed by atoms with Gasteiger partial charge in [0.2, 0.25) is 5.91 Å². The Morgan fingerprint density at radius 1 is 1.07 bits per heavy atom. The van der Waals surface area contributed by atoms with Crippen molar-refractivity contribution in [2.75, 3.05) is 33.9 Å². The van der Waals surface area contributed by atoms with Crippen molar-refractivity contribution in [1.82, 2.24) is 10.2 Å². The number of rotatable bonds is 11. The quantitative estimate of drug-likeness (QED) is 0.656. The van der Waals surface area contributed by atoms with Crippen molar-refractivity contribution in [2.24, 2.45) is 0 Å². The predicted octanol–water partition coefficient (Wildman–Crippen LogP) is 3.66. The summed E-state index contributed by atoms with van der Waals surface area (Å²) in [6, 6.07) is 17.7. The van der Waals surface area contributed by atoms with E-state index in [1.807, 2.05) is 54.4 Å². The van der Waals surface area contributed by atoms with Crippen LogP contribution in [0, 0.1) is 0 Å². The molecule has 0 aromatic heterocycles. The fourth-order valence-electron chi connectivity index (χ4n) is 2.85. The maximum Gasteiger partial charge on any atom is 0.234 e. The Kier molecular flexibility index (Phi) is 8.65. The zero-order chi connectivity index (χ0) is 19.5. The highest BCUT2D eigenvalue weighted by atomic mass is 16.5. The van der Waals surface area contributed by atoms with Crippen LogP contribution in [0.25, 0.3) is 0 Å². The summed E-state index contributed by atoms with van der Waals surface area (Å²) in [6.45, 7) is 3.67. The summed E-state index contributed by atoms with van der Waals surface area (Å²) in [5.41, 5.74) is 1.15. The molecule has 27 heavy (non-hydrogen) atoms. The minimum atomic E-state index is 0.0317. The van der Waals surface area contributed by atoms with Crippen LogP contribution in [0.4, 0.5) is 0 Å². The lowest BCUT2D eigenvalue weighted by Crippen LogP contribution is -2.38. The Bertz CT molecular complexity index is 674. The van der Waals surface area contributed by atoms with Crippen LogP contribution < -0.4 is 14.8 Å². The van der Waals surface area contributed by atoms with E-state index in [4.69, 9.17) is 9.47 Å². The van der Waals surface area contributed by atoms with Crippen LogP contribution in [0.5, 0.6) is 11.5 Å². The first-order valence-electron chi connectivity index (χ1n) is 9.42. The second kappa shape index (κ2) is 11.2. The van der Waals surface area contributed by atoms with E-state index in [9.17, 15) is 4.79 Å². The average molecular weight is 370 g/mol. The average Bonchev–Trinajstić information content (AvgIpc) is 2.69. The summed E-state index contributed by atoms with van der Waals surface area (Å²) in [5, 5.41) is 3.15. The van der Waals surface area contributed by atoms with Crippen LogP contribution in [0.15, 0.2) is 54.6 Å². The van der Waals surface area contributed by atoms with Gasteiger partial charge < -0.3 is 14.8 Å². The number of methoxy groups -OCH3 is 1. The van der Waals surface area contributed by atoms with Gasteiger partial charge in [-0.05, 0) is 43.3 Å². The molecule has 1 amide bonds. The largest absolute Gasteiger partial charge is 0.497 e. The van der Waals surface area contributed by atoms with Gasteiger partial charge in [-0.2, -0.15) is 0 Å². The highest BCUT2D eigenvalue weighted by Crippen LogP contribution is 2.18. The van der Waals surface area contributed by atoms with Crippen molar-refractivity contribution >= 4 is 5.91 Å². The highest BCUT2D eigenvalue weighted by Gasteiger charge is 2.14. The Morgan fingerprint density at radius 3 is 2.37 bits per heavy atom. The van der Waals surface area contributed by atoms with Gasteiger partial charge in [-0.25, -0.2) is 0 Å². The summed E-state index contributed by atoms with van der Waals surface area (Å²) in [4.78, 5) is 14.4. The van der Waals surface area contributed by atoms with E-state index >= 15 is 0 Å². The van der Waals surface area contributed by atoms with E-state index in [-0.39, 0.29) is 11.9 Å². The molecule has 2 aromatic carbocycles. The summed E-state index contributed by atoms with van der Waals surface area (Å²) in [6.07, 6.45) is 1.95. The number of benzene rings is 2. The molecule has 2 rings (SSSR count). The van der Waals surface area contributed by atoms with Gasteiger partial charge in [0.05, 0.1) is 19.7 Å². The van der Waals surface area contributed by atoms with Crippen LogP contribution in [0.2, 0.25) is 0 Å². The second-order valence-corrected chi connectivity index (χ2v) is 6.58. The maximum atomic E-state index is 12.4. The second-order valence-electron chi connectivity index (χ2n) is 6.58. The van der Waals surface area contributed by atoms with Gasteiger partial charge in [-0.15, -0.1) is 0 Å². The van der Waals surface area contributed by atoms with Crippen molar-refractivity contribution in [2.45, 2.75) is 25.8 Å². The molecule has 5 heteroatoms. The minimum Gasteiger partial charge on any atom is -0.497 e. The van der Waals surface area contributed by atoms with Crippen LogP contribution >= 0.6 is 0 Å². The van der Waals surface area contributed by atoms with Crippen molar-refractivity contribution in [3.63, 3.8) is 0 Å². The third-order valence-corrected chi connectivity index (χ3v) is 4.33.